The third-order valence-electron chi connectivity index (χ3n) is 2.81. The minimum atomic E-state index is -1.13. The molecule has 5 nitrogen and oxygen atoms in total. The highest BCUT2D eigenvalue weighted by Crippen LogP contribution is 2.20. The molecule has 0 amide bonds. The van der Waals surface area contributed by atoms with Crippen LogP contribution in [0, 0.1) is 19.8 Å². The molecule has 114 valence electrons. The maximum absolute atomic E-state index is 11.8. The highest BCUT2D eigenvalue weighted by atomic mass is 16.6. The molecule has 0 aliphatic heterocycles. The predicted octanol–water partition coefficient (Wildman–Crippen LogP) is 2.75. The summed E-state index contributed by atoms with van der Waals surface area (Å²) < 4.78 is 9.77. The van der Waals surface area contributed by atoms with Gasteiger partial charge in [0.05, 0.1) is 18.9 Å². The number of nitrogens with zero attached hydrogens (tertiary/aromatic N) is 1. The Labute approximate surface area is 125 Å². The number of aliphatic imine (C=N–C) groups is 1. The Morgan fingerprint density at radius 2 is 1.71 bits per heavy atom. The van der Waals surface area contributed by atoms with Crippen LogP contribution >= 0.6 is 0 Å². The van der Waals surface area contributed by atoms with Gasteiger partial charge in [-0.15, -0.1) is 0 Å². The van der Waals surface area contributed by atoms with Crippen LogP contribution in [-0.2, 0) is 19.1 Å². The number of hydrogen-bond donors (Lipinski definition) is 0. The molecule has 0 N–H and O–H groups in total. The average molecular weight is 291 g/mol. The summed E-state index contributed by atoms with van der Waals surface area (Å²) in [6.45, 7) is 7.63. The molecule has 0 saturated carbocycles. The van der Waals surface area contributed by atoms with Crippen molar-refractivity contribution in [3.8, 4) is 0 Å². The van der Waals surface area contributed by atoms with E-state index in [0.717, 1.165) is 11.1 Å². The molecule has 5 heteroatoms. The minimum absolute atomic E-state index is 0.200. The summed E-state index contributed by atoms with van der Waals surface area (Å²) in [6.07, 6.45) is 1.29. The lowest BCUT2D eigenvalue weighted by atomic mass is 10.1. The van der Waals surface area contributed by atoms with Crippen molar-refractivity contribution in [2.24, 2.45) is 10.9 Å². The van der Waals surface area contributed by atoms with Crippen molar-refractivity contribution >= 4 is 23.8 Å². The Bertz CT molecular complexity index is 519. The number of hydrogen-bond acceptors (Lipinski definition) is 5. The number of carbonyl (C=O) groups excluding carboxylic acids is 2. The molecule has 0 spiro atoms. The van der Waals surface area contributed by atoms with Gasteiger partial charge >= 0.3 is 11.9 Å². The van der Waals surface area contributed by atoms with Gasteiger partial charge in [-0.25, -0.2) is 0 Å². The van der Waals surface area contributed by atoms with Gasteiger partial charge in [-0.05, 0) is 44.9 Å². The molecule has 0 aliphatic rings. The molecular weight excluding hydrogens is 270 g/mol. The summed E-state index contributed by atoms with van der Waals surface area (Å²) in [7, 11) is 0. The SMILES string of the molecule is CCOC(=O)C(C=Nc1cc(C)ccc1C)C(=O)OCC. The van der Waals surface area contributed by atoms with E-state index in [2.05, 4.69) is 4.99 Å². The first-order chi connectivity index (χ1) is 9.99. The normalized spacial score (nSPS) is 10.9. The second-order valence-electron chi connectivity index (χ2n) is 4.55. The van der Waals surface area contributed by atoms with Gasteiger partial charge in [0.15, 0.2) is 5.92 Å². The second-order valence-corrected chi connectivity index (χ2v) is 4.55. The van der Waals surface area contributed by atoms with E-state index >= 15 is 0 Å². The zero-order chi connectivity index (χ0) is 15.8. The molecule has 0 saturated heterocycles. The Morgan fingerprint density at radius 1 is 1.14 bits per heavy atom. The van der Waals surface area contributed by atoms with Crippen LogP contribution in [0.15, 0.2) is 23.2 Å². The van der Waals surface area contributed by atoms with Gasteiger partial charge in [0.25, 0.3) is 0 Å². The third-order valence-corrected chi connectivity index (χ3v) is 2.81. The number of esters is 2. The van der Waals surface area contributed by atoms with Gasteiger partial charge in [-0.2, -0.15) is 0 Å². The van der Waals surface area contributed by atoms with Crippen molar-refractivity contribution in [2.75, 3.05) is 13.2 Å². The summed E-state index contributed by atoms with van der Waals surface area (Å²) in [6, 6.07) is 5.80. The fourth-order valence-corrected chi connectivity index (χ4v) is 1.70. The summed E-state index contributed by atoms with van der Waals surface area (Å²) in [5.74, 6) is -2.43. The lowest BCUT2D eigenvalue weighted by Crippen LogP contribution is -2.29. The van der Waals surface area contributed by atoms with E-state index < -0.39 is 17.9 Å². The number of aryl methyl sites for hydroxylation is 2. The van der Waals surface area contributed by atoms with Crippen LogP contribution in [0.3, 0.4) is 0 Å². The smallest absolute Gasteiger partial charge is 0.325 e. The maximum atomic E-state index is 11.8. The fourth-order valence-electron chi connectivity index (χ4n) is 1.70. The average Bonchev–Trinajstić information content (AvgIpc) is 2.43. The molecule has 0 aromatic heterocycles. The van der Waals surface area contributed by atoms with Crippen LogP contribution in [0.1, 0.15) is 25.0 Å². The Hall–Kier alpha value is -2.17. The van der Waals surface area contributed by atoms with E-state index in [1.807, 2.05) is 32.0 Å². The van der Waals surface area contributed by atoms with Gasteiger partial charge in [-0.3, -0.25) is 14.6 Å². The van der Waals surface area contributed by atoms with E-state index in [0.29, 0.717) is 5.69 Å². The number of benzene rings is 1. The first-order valence-electron chi connectivity index (χ1n) is 6.94. The van der Waals surface area contributed by atoms with Gasteiger partial charge in [-0.1, -0.05) is 12.1 Å². The van der Waals surface area contributed by atoms with Crippen LogP contribution in [0.2, 0.25) is 0 Å². The predicted molar refractivity (Wildman–Crippen MR) is 80.8 cm³/mol. The lowest BCUT2D eigenvalue weighted by Gasteiger charge is -2.10. The van der Waals surface area contributed by atoms with Crippen LogP contribution in [0.25, 0.3) is 0 Å². The number of carbonyl (C=O) groups is 2. The molecule has 1 aromatic carbocycles. The molecule has 0 atom stereocenters. The van der Waals surface area contributed by atoms with Gasteiger partial charge < -0.3 is 9.47 Å². The molecule has 0 heterocycles. The van der Waals surface area contributed by atoms with Crippen LogP contribution in [0.4, 0.5) is 5.69 Å². The number of ether oxygens (including phenoxy) is 2. The molecular formula is C16H21NO4. The van der Waals surface area contributed by atoms with E-state index in [1.54, 1.807) is 13.8 Å². The van der Waals surface area contributed by atoms with E-state index in [9.17, 15) is 9.59 Å². The molecule has 0 fully saturated rings. The van der Waals surface area contributed by atoms with E-state index in [-0.39, 0.29) is 13.2 Å². The van der Waals surface area contributed by atoms with Gasteiger partial charge in [0, 0.05) is 6.21 Å². The van der Waals surface area contributed by atoms with Crippen LogP contribution < -0.4 is 0 Å². The van der Waals surface area contributed by atoms with Crippen LogP contribution in [0.5, 0.6) is 0 Å². The zero-order valence-electron chi connectivity index (χ0n) is 12.9. The van der Waals surface area contributed by atoms with Crippen molar-refractivity contribution in [3.05, 3.63) is 29.3 Å². The van der Waals surface area contributed by atoms with Crippen molar-refractivity contribution in [1.82, 2.24) is 0 Å². The summed E-state index contributed by atoms with van der Waals surface area (Å²) in [4.78, 5) is 27.9. The highest BCUT2D eigenvalue weighted by Gasteiger charge is 2.27. The van der Waals surface area contributed by atoms with E-state index in [1.165, 1.54) is 6.21 Å². The fraction of sp³-hybridized carbons (Fsp3) is 0.438. The number of rotatable bonds is 6. The molecule has 0 aliphatic carbocycles. The highest BCUT2D eigenvalue weighted by molar-refractivity contribution is 6.09. The molecule has 21 heavy (non-hydrogen) atoms. The van der Waals surface area contributed by atoms with E-state index in [4.69, 9.17) is 9.47 Å². The van der Waals surface area contributed by atoms with Crippen molar-refractivity contribution in [2.45, 2.75) is 27.7 Å². The molecule has 0 bridgehead atoms. The monoisotopic (exact) mass is 291 g/mol. The maximum Gasteiger partial charge on any atom is 0.325 e. The summed E-state index contributed by atoms with van der Waals surface area (Å²) in [5, 5.41) is 0. The molecule has 0 radical (unpaired) electrons. The Morgan fingerprint density at radius 3 is 2.24 bits per heavy atom. The first-order valence-corrected chi connectivity index (χ1v) is 6.94. The van der Waals surface area contributed by atoms with Gasteiger partial charge in [0.1, 0.15) is 0 Å². The molecule has 1 aromatic rings. The topological polar surface area (TPSA) is 65.0 Å². The van der Waals surface area contributed by atoms with Crippen molar-refractivity contribution in [3.63, 3.8) is 0 Å². The molecule has 0 unspecified atom stereocenters. The zero-order valence-corrected chi connectivity index (χ0v) is 12.9. The summed E-state index contributed by atoms with van der Waals surface area (Å²) >= 11 is 0. The third kappa shape index (κ3) is 5.02. The largest absolute Gasteiger partial charge is 0.465 e. The second kappa shape index (κ2) is 8.19. The Kier molecular flexibility index (Phi) is 6.59. The minimum Gasteiger partial charge on any atom is -0.465 e. The standard InChI is InChI=1S/C16H21NO4/c1-5-20-15(18)13(16(19)21-6-2)10-17-14-9-11(3)7-8-12(14)4/h7-10,13H,5-6H2,1-4H3. The van der Waals surface area contributed by atoms with Crippen molar-refractivity contribution in [1.29, 1.82) is 0 Å². The summed E-state index contributed by atoms with van der Waals surface area (Å²) in [5.41, 5.74) is 2.73. The van der Waals surface area contributed by atoms with Crippen molar-refractivity contribution < 1.29 is 19.1 Å². The van der Waals surface area contributed by atoms with Crippen LogP contribution in [-0.4, -0.2) is 31.4 Å². The quantitative estimate of drug-likeness (QED) is 0.459. The first kappa shape index (κ1) is 16.9. The Balaban J connectivity index is 2.99. The van der Waals surface area contributed by atoms with Gasteiger partial charge in [0.2, 0.25) is 0 Å². The lowest BCUT2D eigenvalue weighted by molar-refractivity contribution is -0.157. The molecule has 1 rings (SSSR count).